The molecule has 0 spiro atoms. The first-order valence-electron chi connectivity index (χ1n) is 10.0. The van der Waals surface area contributed by atoms with Gasteiger partial charge in [-0.3, -0.25) is 0 Å². The van der Waals surface area contributed by atoms with Crippen molar-refractivity contribution in [1.29, 1.82) is 0 Å². The molecule has 0 bridgehead atoms. The van der Waals surface area contributed by atoms with E-state index in [0.717, 1.165) is 47.3 Å². The summed E-state index contributed by atoms with van der Waals surface area (Å²) in [5.74, 6) is 0.528. The van der Waals surface area contributed by atoms with E-state index in [-0.39, 0.29) is 5.97 Å². The molecule has 0 unspecified atom stereocenters. The number of carbonyl (C=O) groups is 1. The molecule has 2 heterocycles. The standard InChI is InChI=1S/C23H27N3O2/c1-3-5-6-7-13-20(25-28-23(27)4-2)19-17-26(22-15-10-11-16-24-22)21-14-9-8-12-18(19)21/h8-12,14-17H,3-7,13H2,1-2H3/b25-20+. The van der Waals surface area contributed by atoms with Crippen molar-refractivity contribution in [3.63, 3.8) is 0 Å². The first-order valence-corrected chi connectivity index (χ1v) is 10.0. The van der Waals surface area contributed by atoms with Gasteiger partial charge in [0.05, 0.1) is 11.2 Å². The topological polar surface area (TPSA) is 56.5 Å². The van der Waals surface area contributed by atoms with E-state index < -0.39 is 0 Å². The Morgan fingerprint density at radius 1 is 1.07 bits per heavy atom. The summed E-state index contributed by atoms with van der Waals surface area (Å²) in [5, 5.41) is 5.33. The van der Waals surface area contributed by atoms with Crippen LogP contribution in [0, 0.1) is 0 Å². The molecule has 5 nitrogen and oxygen atoms in total. The van der Waals surface area contributed by atoms with E-state index in [1.54, 1.807) is 13.1 Å². The zero-order valence-corrected chi connectivity index (χ0v) is 16.6. The normalized spacial score (nSPS) is 11.7. The number of para-hydroxylation sites is 1. The Hall–Kier alpha value is -2.95. The second kappa shape index (κ2) is 9.83. The van der Waals surface area contributed by atoms with Crippen LogP contribution < -0.4 is 0 Å². The number of unbranched alkanes of at least 4 members (excludes halogenated alkanes) is 3. The summed E-state index contributed by atoms with van der Waals surface area (Å²) >= 11 is 0. The van der Waals surface area contributed by atoms with Crippen LogP contribution in [0.25, 0.3) is 16.7 Å². The van der Waals surface area contributed by atoms with Crippen LogP contribution in [0.2, 0.25) is 0 Å². The molecule has 5 heteroatoms. The van der Waals surface area contributed by atoms with Gasteiger partial charge in [-0.25, -0.2) is 9.78 Å². The molecular formula is C23H27N3O2. The lowest BCUT2D eigenvalue weighted by atomic mass is 10.0. The van der Waals surface area contributed by atoms with Crippen LogP contribution in [0.3, 0.4) is 0 Å². The smallest absolute Gasteiger partial charge is 0.318 e. The number of fused-ring (bicyclic) bond motifs is 1. The number of carbonyl (C=O) groups excluding carboxylic acids is 1. The number of rotatable bonds is 9. The maximum atomic E-state index is 11.7. The third-order valence-electron chi connectivity index (χ3n) is 4.73. The van der Waals surface area contributed by atoms with Gasteiger partial charge in [0, 0.05) is 29.8 Å². The highest BCUT2D eigenvalue weighted by atomic mass is 16.7. The molecule has 0 atom stereocenters. The fraction of sp³-hybridized carbons (Fsp3) is 0.348. The number of nitrogens with zero attached hydrogens (tertiary/aromatic N) is 3. The highest BCUT2D eigenvalue weighted by Crippen LogP contribution is 2.26. The van der Waals surface area contributed by atoms with E-state index in [1.165, 1.54) is 12.8 Å². The highest BCUT2D eigenvalue weighted by molar-refractivity contribution is 6.11. The summed E-state index contributed by atoms with van der Waals surface area (Å²) < 4.78 is 2.06. The van der Waals surface area contributed by atoms with Gasteiger partial charge in [0.2, 0.25) is 0 Å². The molecule has 0 aliphatic carbocycles. The van der Waals surface area contributed by atoms with Crippen LogP contribution in [0.1, 0.15) is 57.9 Å². The maximum Gasteiger partial charge on any atom is 0.334 e. The third kappa shape index (κ3) is 4.66. The average molecular weight is 377 g/mol. The number of oxime groups is 1. The monoisotopic (exact) mass is 377 g/mol. The first-order chi connectivity index (χ1) is 13.7. The zero-order chi connectivity index (χ0) is 19.8. The van der Waals surface area contributed by atoms with Crippen LogP contribution in [-0.2, 0) is 9.63 Å². The van der Waals surface area contributed by atoms with Gasteiger partial charge in [-0.2, -0.15) is 0 Å². The Kier molecular flexibility index (Phi) is 6.95. The summed E-state index contributed by atoms with van der Waals surface area (Å²) in [7, 11) is 0. The van der Waals surface area contributed by atoms with Gasteiger partial charge in [0.1, 0.15) is 5.82 Å². The maximum absolute atomic E-state index is 11.7. The van der Waals surface area contributed by atoms with Gasteiger partial charge < -0.3 is 9.40 Å². The van der Waals surface area contributed by atoms with E-state index in [0.29, 0.717) is 6.42 Å². The van der Waals surface area contributed by atoms with Crippen molar-refractivity contribution in [3.05, 3.63) is 60.4 Å². The van der Waals surface area contributed by atoms with Crippen molar-refractivity contribution in [2.45, 2.75) is 52.4 Å². The number of hydrogen-bond acceptors (Lipinski definition) is 4. The predicted octanol–water partition coefficient (Wildman–Crippen LogP) is 5.65. The van der Waals surface area contributed by atoms with E-state index in [1.807, 2.05) is 36.5 Å². The molecule has 1 aromatic carbocycles. The van der Waals surface area contributed by atoms with Crippen molar-refractivity contribution >= 4 is 22.6 Å². The van der Waals surface area contributed by atoms with Crippen molar-refractivity contribution in [2.24, 2.45) is 5.16 Å². The fourth-order valence-electron chi connectivity index (χ4n) is 3.21. The molecule has 0 saturated carbocycles. The quantitative estimate of drug-likeness (QED) is 0.209. The molecule has 0 aliphatic heterocycles. The summed E-state index contributed by atoms with van der Waals surface area (Å²) in [5.41, 5.74) is 2.85. The van der Waals surface area contributed by atoms with Crippen molar-refractivity contribution < 1.29 is 9.63 Å². The van der Waals surface area contributed by atoms with E-state index in [4.69, 9.17) is 4.84 Å². The van der Waals surface area contributed by atoms with Crippen molar-refractivity contribution in [2.75, 3.05) is 0 Å². The molecule has 2 aromatic heterocycles. The van der Waals surface area contributed by atoms with Gasteiger partial charge in [0.15, 0.2) is 0 Å². The summed E-state index contributed by atoms with van der Waals surface area (Å²) in [6.45, 7) is 3.96. The minimum Gasteiger partial charge on any atom is -0.318 e. The largest absolute Gasteiger partial charge is 0.334 e. The minimum absolute atomic E-state index is 0.308. The molecule has 0 N–H and O–H groups in total. The predicted molar refractivity (Wildman–Crippen MR) is 113 cm³/mol. The van der Waals surface area contributed by atoms with Crippen LogP contribution in [0.15, 0.2) is 60.0 Å². The first kappa shape index (κ1) is 19.8. The number of hydrogen-bond donors (Lipinski definition) is 0. The fourth-order valence-corrected chi connectivity index (χ4v) is 3.21. The SMILES string of the molecule is CCCCCC/C(=N\OC(=O)CC)c1cn(-c2ccccn2)c2ccccc12. The molecule has 3 rings (SSSR count). The highest BCUT2D eigenvalue weighted by Gasteiger charge is 2.16. The minimum atomic E-state index is -0.320. The summed E-state index contributed by atoms with van der Waals surface area (Å²) in [6.07, 6.45) is 9.43. The van der Waals surface area contributed by atoms with E-state index in [2.05, 4.69) is 33.8 Å². The lowest BCUT2D eigenvalue weighted by Crippen LogP contribution is -2.05. The second-order valence-corrected chi connectivity index (χ2v) is 6.78. The zero-order valence-electron chi connectivity index (χ0n) is 16.6. The Labute approximate surface area is 166 Å². The third-order valence-corrected chi connectivity index (χ3v) is 4.73. The van der Waals surface area contributed by atoms with Gasteiger partial charge in [-0.15, -0.1) is 0 Å². The second-order valence-electron chi connectivity index (χ2n) is 6.78. The van der Waals surface area contributed by atoms with Gasteiger partial charge in [0.25, 0.3) is 0 Å². The van der Waals surface area contributed by atoms with Gasteiger partial charge in [-0.1, -0.05) is 62.5 Å². The molecule has 28 heavy (non-hydrogen) atoms. The van der Waals surface area contributed by atoms with E-state index >= 15 is 0 Å². The Balaban J connectivity index is 2.02. The summed E-state index contributed by atoms with van der Waals surface area (Å²) in [6, 6.07) is 14.0. The van der Waals surface area contributed by atoms with Crippen LogP contribution in [0.5, 0.6) is 0 Å². The Bertz CT molecular complexity index is 945. The van der Waals surface area contributed by atoms with Gasteiger partial charge >= 0.3 is 5.97 Å². The lowest BCUT2D eigenvalue weighted by molar-refractivity contribution is -0.143. The molecule has 0 aliphatic rings. The molecule has 0 radical (unpaired) electrons. The van der Waals surface area contributed by atoms with Crippen LogP contribution >= 0.6 is 0 Å². The number of benzene rings is 1. The van der Waals surface area contributed by atoms with Crippen LogP contribution in [-0.4, -0.2) is 21.2 Å². The summed E-state index contributed by atoms with van der Waals surface area (Å²) in [4.78, 5) is 21.3. The van der Waals surface area contributed by atoms with Crippen molar-refractivity contribution in [3.8, 4) is 5.82 Å². The van der Waals surface area contributed by atoms with E-state index in [9.17, 15) is 4.79 Å². The molecule has 0 saturated heterocycles. The molecule has 0 fully saturated rings. The Morgan fingerprint density at radius 3 is 2.64 bits per heavy atom. The Morgan fingerprint density at radius 2 is 1.89 bits per heavy atom. The molecule has 146 valence electrons. The number of aromatic nitrogens is 2. The molecular weight excluding hydrogens is 350 g/mol. The molecule has 3 aromatic rings. The van der Waals surface area contributed by atoms with Crippen molar-refractivity contribution in [1.82, 2.24) is 9.55 Å². The molecule has 0 amide bonds. The number of pyridine rings is 1. The van der Waals surface area contributed by atoms with Crippen LogP contribution in [0.4, 0.5) is 0 Å². The van der Waals surface area contributed by atoms with Gasteiger partial charge in [-0.05, 0) is 31.0 Å². The lowest BCUT2D eigenvalue weighted by Gasteiger charge is -2.05. The average Bonchev–Trinajstić information content (AvgIpc) is 3.13.